The lowest BCUT2D eigenvalue weighted by Crippen LogP contribution is -2.41. The standard InChI is InChI=1S/C21H24N4O2/c1-3-10-25(13-26)14(2)21(27)23-18-8-9-19-16(11-18)12-20(24-19)15-4-6-17(22)7-5-15/h4-9,11-14,24H,3,10,22H2,1-2H3,(H,23,27). The zero-order valence-corrected chi connectivity index (χ0v) is 15.5. The van der Waals surface area contributed by atoms with Crippen LogP contribution in [0.2, 0.25) is 0 Å². The van der Waals surface area contributed by atoms with Gasteiger partial charge in [-0.2, -0.15) is 0 Å². The molecule has 140 valence electrons. The molecule has 6 nitrogen and oxygen atoms in total. The number of carbonyl (C=O) groups excluding carboxylic acids is 2. The highest BCUT2D eigenvalue weighted by Crippen LogP contribution is 2.27. The molecule has 1 heterocycles. The predicted octanol–water partition coefficient (Wildman–Crippen LogP) is 3.61. The molecule has 1 unspecified atom stereocenters. The van der Waals surface area contributed by atoms with Gasteiger partial charge in [-0.3, -0.25) is 9.59 Å². The SMILES string of the molecule is CCCN(C=O)C(C)C(=O)Nc1ccc2[nH]c(-c3ccc(N)cc3)cc2c1. The third-order valence-electron chi connectivity index (χ3n) is 4.60. The Morgan fingerprint density at radius 1 is 1.22 bits per heavy atom. The number of nitrogen functional groups attached to an aromatic ring is 1. The molecule has 6 heteroatoms. The van der Waals surface area contributed by atoms with Gasteiger partial charge in [0.05, 0.1) is 0 Å². The zero-order chi connectivity index (χ0) is 19.4. The highest BCUT2D eigenvalue weighted by atomic mass is 16.2. The molecule has 3 aromatic rings. The first-order valence-corrected chi connectivity index (χ1v) is 9.02. The smallest absolute Gasteiger partial charge is 0.246 e. The summed E-state index contributed by atoms with van der Waals surface area (Å²) in [5.41, 5.74) is 10.2. The van der Waals surface area contributed by atoms with Crippen molar-refractivity contribution in [1.82, 2.24) is 9.88 Å². The van der Waals surface area contributed by atoms with Gasteiger partial charge in [0.2, 0.25) is 12.3 Å². The van der Waals surface area contributed by atoms with Crippen LogP contribution in [-0.2, 0) is 9.59 Å². The van der Waals surface area contributed by atoms with E-state index in [1.54, 1.807) is 6.92 Å². The van der Waals surface area contributed by atoms with Crippen LogP contribution in [0.1, 0.15) is 20.3 Å². The highest BCUT2D eigenvalue weighted by molar-refractivity contribution is 5.98. The molecule has 3 rings (SSSR count). The van der Waals surface area contributed by atoms with Crippen LogP contribution in [0.5, 0.6) is 0 Å². The largest absolute Gasteiger partial charge is 0.399 e. The fourth-order valence-electron chi connectivity index (χ4n) is 3.02. The van der Waals surface area contributed by atoms with E-state index in [1.165, 1.54) is 4.90 Å². The first-order chi connectivity index (χ1) is 13.0. The second kappa shape index (κ2) is 7.95. The van der Waals surface area contributed by atoms with E-state index < -0.39 is 6.04 Å². The van der Waals surface area contributed by atoms with E-state index in [9.17, 15) is 9.59 Å². The Morgan fingerprint density at radius 2 is 1.96 bits per heavy atom. The number of aromatic amines is 1. The molecule has 1 atom stereocenters. The van der Waals surface area contributed by atoms with Gasteiger partial charge >= 0.3 is 0 Å². The van der Waals surface area contributed by atoms with E-state index in [0.29, 0.717) is 12.2 Å². The summed E-state index contributed by atoms with van der Waals surface area (Å²) in [7, 11) is 0. The van der Waals surface area contributed by atoms with Crippen molar-refractivity contribution in [1.29, 1.82) is 0 Å². The number of hydrogen-bond donors (Lipinski definition) is 3. The van der Waals surface area contributed by atoms with E-state index in [2.05, 4.69) is 10.3 Å². The Labute approximate surface area is 158 Å². The van der Waals surface area contributed by atoms with E-state index >= 15 is 0 Å². The van der Waals surface area contributed by atoms with Crippen LogP contribution in [0, 0.1) is 0 Å². The van der Waals surface area contributed by atoms with Gasteiger partial charge in [0.15, 0.2) is 0 Å². The molecule has 2 aromatic carbocycles. The van der Waals surface area contributed by atoms with E-state index in [0.717, 1.165) is 40.7 Å². The maximum Gasteiger partial charge on any atom is 0.246 e. The summed E-state index contributed by atoms with van der Waals surface area (Å²) in [4.78, 5) is 28.5. The third-order valence-corrected chi connectivity index (χ3v) is 4.60. The number of fused-ring (bicyclic) bond motifs is 1. The summed E-state index contributed by atoms with van der Waals surface area (Å²) in [5.74, 6) is -0.204. The van der Waals surface area contributed by atoms with E-state index in [-0.39, 0.29) is 5.91 Å². The van der Waals surface area contributed by atoms with Gasteiger partial charge in [0.1, 0.15) is 6.04 Å². The Balaban J connectivity index is 1.79. The van der Waals surface area contributed by atoms with Gasteiger partial charge in [-0.05, 0) is 55.3 Å². The number of nitrogens with zero attached hydrogens (tertiary/aromatic N) is 1. The predicted molar refractivity (Wildman–Crippen MR) is 109 cm³/mol. The number of H-pyrrole nitrogens is 1. The lowest BCUT2D eigenvalue weighted by molar-refractivity contribution is -0.129. The molecule has 0 saturated heterocycles. The summed E-state index contributed by atoms with van der Waals surface area (Å²) in [5, 5.41) is 3.89. The lowest BCUT2D eigenvalue weighted by atomic mass is 10.1. The zero-order valence-electron chi connectivity index (χ0n) is 15.5. The van der Waals surface area contributed by atoms with Crippen molar-refractivity contribution in [3.05, 3.63) is 48.5 Å². The highest BCUT2D eigenvalue weighted by Gasteiger charge is 2.19. The third kappa shape index (κ3) is 4.11. The number of amides is 2. The number of anilines is 2. The van der Waals surface area contributed by atoms with Crippen molar-refractivity contribution in [2.24, 2.45) is 0 Å². The lowest BCUT2D eigenvalue weighted by Gasteiger charge is -2.23. The monoisotopic (exact) mass is 364 g/mol. The Hall–Kier alpha value is -3.28. The Kier molecular flexibility index (Phi) is 5.45. The fourth-order valence-corrected chi connectivity index (χ4v) is 3.02. The molecule has 1 aromatic heterocycles. The van der Waals surface area contributed by atoms with Gasteiger partial charge in [0.25, 0.3) is 0 Å². The average molecular weight is 364 g/mol. The molecule has 0 radical (unpaired) electrons. The Morgan fingerprint density at radius 3 is 2.63 bits per heavy atom. The van der Waals surface area contributed by atoms with Gasteiger partial charge in [-0.25, -0.2) is 0 Å². The minimum Gasteiger partial charge on any atom is -0.399 e. The molecule has 0 spiro atoms. The van der Waals surface area contributed by atoms with Crippen LogP contribution in [0.15, 0.2) is 48.5 Å². The van der Waals surface area contributed by atoms with Gasteiger partial charge in [0, 0.05) is 34.5 Å². The second-order valence-electron chi connectivity index (χ2n) is 6.62. The number of aromatic nitrogens is 1. The molecule has 27 heavy (non-hydrogen) atoms. The van der Waals surface area contributed by atoms with Crippen LogP contribution in [0.3, 0.4) is 0 Å². The first-order valence-electron chi connectivity index (χ1n) is 9.02. The Bertz CT molecular complexity index is 946. The van der Waals surface area contributed by atoms with Gasteiger partial charge in [-0.1, -0.05) is 19.1 Å². The number of rotatable bonds is 7. The quantitative estimate of drug-likeness (QED) is 0.442. The summed E-state index contributed by atoms with van der Waals surface area (Å²) in [6, 6.07) is 14.9. The van der Waals surface area contributed by atoms with Crippen molar-refractivity contribution < 1.29 is 9.59 Å². The number of hydrogen-bond acceptors (Lipinski definition) is 3. The fraction of sp³-hybridized carbons (Fsp3) is 0.238. The van der Waals surface area contributed by atoms with Crippen LogP contribution >= 0.6 is 0 Å². The summed E-state index contributed by atoms with van der Waals surface area (Å²) in [6.07, 6.45) is 1.53. The molecule has 0 bridgehead atoms. The summed E-state index contributed by atoms with van der Waals surface area (Å²) in [6.45, 7) is 4.26. The van der Waals surface area contributed by atoms with E-state index in [1.807, 2.05) is 55.5 Å². The van der Waals surface area contributed by atoms with Crippen molar-refractivity contribution in [3.8, 4) is 11.3 Å². The van der Waals surface area contributed by atoms with Gasteiger partial charge in [-0.15, -0.1) is 0 Å². The topological polar surface area (TPSA) is 91.2 Å². The first kappa shape index (κ1) is 18.5. The van der Waals surface area contributed by atoms with Crippen LogP contribution in [-0.4, -0.2) is 34.8 Å². The molecule has 0 aliphatic heterocycles. The molecule has 0 saturated carbocycles. The van der Waals surface area contributed by atoms with Crippen LogP contribution in [0.25, 0.3) is 22.2 Å². The van der Waals surface area contributed by atoms with Gasteiger partial charge < -0.3 is 20.9 Å². The molecule has 4 N–H and O–H groups in total. The number of benzene rings is 2. The van der Waals surface area contributed by atoms with Crippen molar-refractivity contribution >= 4 is 34.6 Å². The maximum absolute atomic E-state index is 12.5. The molecule has 0 aliphatic rings. The molecule has 0 fully saturated rings. The number of nitrogens with two attached hydrogens (primary N) is 1. The normalized spacial score (nSPS) is 11.9. The average Bonchev–Trinajstić information content (AvgIpc) is 3.09. The number of carbonyl (C=O) groups is 2. The van der Waals surface area contributed by atoms with Crippen molar-refractivity contribution in [3.63, 3.8) is 0 Å². The number of nitrogens with one attached hydrogen (secondary N) is 2. The molecular weight excluding hydrogens is 340 g/mol. The molecular formula is C21H24N4O2. The van der Waals surface area contributed by atoms with Crippen molar-refractivity contribution in [2.45, 2.75) is 26.3 Å². The minimum absolute atomic E-state index is 0.204. The van der Waals surface area contributed by atoms with Crippen LogP contribution < -0.4 is 11.1 Å². The molecule has 0 aliphatic carbocycles. The van der Waals surface area contributed by atoms with E-state index in [4.69, 9.17) is 5.73 Å². The van der Waals surface area contributed by atoms with Crippen LogP contribution in [0.4, 0.5) is 11.4 Å². The second-order valence-corrected chi connectivity index (χ2v) is 6.62. The minimum atomic E-state index is -0.519. The molecule has 2 amide bonds. The summed E-state index contributed by atoms with van der Waals surface area (Å²) < 4.78 is 0. The maximum atomic E-state index is 12.5. The summed E-state index contributed by atoms with van der Waals surface area (Å²) >= 11 is 0. The van der Waals surface area contributed by atoms with Crippen molar-refractivity contribution in [2.75, 3.05) is 17.6 Å².